The average molecular weight is 241 g/mol. The predicted octanol–water partition coefficient (Wildman–Crippen LogP) is 0.546. The lowest BCUT2D eigenvalue weighted by Gasteiger charge is -2.38. The van der Waals surface area contributed by atoms with Gasteiger partial charge in [-0.1, -0.05) is 6.92 Å². The smallest absolute Gasteiger partial charge is 0.317 e. The number of amides is 2. The number of rotatable bonds is 2. The highest BCUT2D eigenvalue weighted by atomic mass is 16.5. The Morgan fingerprint density at radius 1 is 1.53 bits per heavy atom. The van der Waals surface area contributed by atoms with Gasteiger partial charge in [-0.2, -0.15) is 0 Å². The van der Waals surface area contributed by atoms with Crippen molar-refractivity contribution in [1.82, 2.24) is 10.2 Å². The summed E-state index contributed by atoms with van der Waals surface area (Å²) < 4.78 is 5.25. The fourth-order valence-electron chi connectivity index (χ4n) is 2.37. The molecule has 2 saturated heterocycles. The number of carbonyl (C=O) groups is 1. The number of hydrogen-bond donors (Lipinski definition) is 2. The second-order valence-corrected chi connectivity index (χ2v) is 5.51. The van der Waals surface area contributed by atoms with Gasteiger partial charge in [0, 0.05) is 19.7 Å². The zero-order valence-corrected chi connectivity index (χ0v) is 10.6. The molecule has 0 spiro atoms. The minimum Gasteiger partial charge on any atom is -0.379 e. The Morgan fingerprint density at radius 2 is 2.24 bits per heavy atom. The molecule has 0 saturated carbocycles. The molecule has 5 heteroatoms. The lowest BCUT2D eigenvalue weighted by Crippen LogP contribution is -2.50. The standard InChI is InChI=1S/C12H23N3O2/c1-12(9-13)3-5-15(6-4-12)11(16)14-10-2-7-17-8-10/h10H,2-9,13H2,1H3,(H,14,16). The van der Waals surface area contributed by atoms with E-state index in [1.807, 2.05) is 4.90 Å². The van der Waals surface area contributed by atoms with Gasteiger partial charge in [0.15, 0.2) is 0 Å². The molecule has 0 bridgehead atoms. The molecule has 1 atom stereocenters. The summed E-state index contributed by atoms with van der Waals surface area (Å²) in [6.07, 6.45) is 2.93. The van der Waals surface area contributed by atoms with E-state index in [2.05, 4.69) is 12.2 Å². The summed E-state index contributed by atoms with van der Waals surface area (Å²) in [4.78, 5) is 13.9. The van der Waals surface area contributed by atoms with Crippen LogP contribution in [0.5, 0.6) is 0 Å². The highest BCUT2D eigenvalue weighted by Crippen LogP contribution is 2.29. The topological polar surface area (TPSA) is 67.6 Å². The zero-order valence-electron chi connectivity index (χ0n) is 10.6. The molecular formula is C12H23N3O2. The van der Waals surface area contributed by atoms with Gasteiger partial charge < -0.3 is 20.7 Å². The summed E-state index contributed by atoms with van der Waals surface area (Å²) in [6.45, 7) is 5.95. The number of carbonyl (C=O) groups excluding carboxylic acids is 1. The van der Waals surface area contributed by atoms with Crippen molar-refractivity contribution < 1.29 is 9.53 Å². The molecule has 2 rings (SSSR count). The Bertz CT molecular complexity index is 269. The largest absolute Gasteiger partial charge is 0.379 e. The van der Waals surface area contributed by atoms with Crippen LogP contribution in [-0.2, 0) is 4.74 Å². The first-order valence-electron chi connectivity index (χ1n) is 6.46. The van der Waals surface area contributed by atoms with Crippen molar-refractivity contribution >= 4 is 6.03 Å². The van der Waals surface area contributed by atoms with Crippen LogP contribution < -0.4 is 11.1 Å². The number of piperidine rings is 1. The second-order valence-electron chi connectivity index (χ2n) is 5.51. The maximum Gasteiger partial charge on any atom is 0.317 e. The van der Waals surface area contributed by atoms with Gasteiger partial charge in [0.25, 0.3) is 0 Å². The van der Waals surface area contributed by atoms with Gasteiger partial charge in [-0.15, -0.1) is 0 Å². The zero-order chi connectivity index (χ0) is 12.3. The van der Waals surface area contributed by atoms with Gasteiger partial charge in [0.2, 0.25) is 0 Å². The fourth-order valence-corrected chi connectivity index (χ4v) is 2.37. The fraction of sp³-hybridized carbons (Fsp3) is 0.917. The summed E-state index contributed by atoms with van der Waals surface area (Å²) in [5, 5.41) is 3.02. The summed E-state index contributed by atoms with van der Waals surface area (Å²) in [7, 11) is 0. The average Bonchev–Trinajstić information content (AvgIpc) is 2.83. The van der Waals surface area contributed by atoms with E-state index in [4.69, 9.17) is 10.5 Å². The minimum atomic E-state index is 0.0552. The monoisotopic (exact) mass is 241 g/mol. The molecule has 0 aromatic rings. The third-order valence-electron chi connectivity index (χ3n) is 4.01. The minimum absolute atomic E-state index is 0.0552. The highest BCUT2D eigenvalue weighted by molar-refractivity contribution is 5.74. The van der Waals surface area contributed by atoms with Crippen molar-refractivity contribution in [2.24, 2.45) is 11.1 Å². The summed E-state index contributed by atoms with van der Waals surface area (Å²) in [5.74, 6) is 0. The second kappa shape index (κ2) is 5.23. The van der Waals surface area contributed by atoms with Crippen molar-refractivity contribution in [3.05, 3.63) is 0 Å². The van der Waals surface area contributed by atoms with Gasteiger partial charge in [0.1, 0.15) is 0 Å². The third-order valence-corrected chi connectivity index (χ3v) is 4.01. The first-order chi connectivity index (χ1) is 8.13. The van der Waals surface area contributed by atoms with E-state index in [-0.39, 0.29) is 17.5 Å². The van der Waals surface area contributed by atoms with Gasteiger partial charge in [-0.05, 0) is 31.2 Å². The maximum atomic E-state index is 12.0. The first kappa shape index (κ1) is 12.6. The van der Waals surface area contributed by atoms with Crippen molar-refractivity contribution in [1.29, 1.82) is 0 Å². The van der Waals surface area contributed by atoms with Crippen LogP contribution in [0.25, 0.3) is 0 Å². The predicted molar refractivity (Wildman–Crippen MR) is 65.7 cm³/mol. The molecule has 5 nitrogen and oxygen atoms in total. The highest BCUT2D eigenvalue weighted by Gasteiger charge is 2.31. The Kier molecular flexibility index (Phi) is 3.89. The van der Waals surface area contributed by atoms with E-state index in [1.165, 1.54) is 0 Å². The normalized spacial score (nSPS) is 28.1. The first-order valence-corrected chi connectivity index (χ1v) is 6.46. The van der Waals surface area contributed by atoms with Crippen molar-refractivity contribution in [3.8, 4) is 0 Å². The van der Waals surface area contributed by atoms with Crippen LogP contribution in [0.1, 0.15) is 26.2 Å². The number of urea groups is 1. The van der Waals surface area contributed by atoms with Crippen LogP contribution in [0.15, 0.2) is 0 Å². The Labute approximate surface area is 103 Å². The number of nitrogens with one attached hydrogen (secondary N) is 1. The molecule has 98 valence electrons. The molecule has 0 aliphatic carbocycles. The van der Waals surface area contributed by atoms with Crippen LogP contribution in [0.2, 0.25) is 0 Å². The van der Waals surface area contributed by atoms with Gasteiger partial charge in [-0.25, -0.2) is 4.79 Å². The molecule has 2 aliphatic rings. The van der Waals surface area contributed by atoms with E-state index in [0.29, 0.717) is 13.2 Å². The summed E-state index contributed by atoms with van der Waals surface area (Å²) >= 11 is 0. The summed E-state index contributed by atoms with van der Waals surface area (Å²) in [5.41, 5.74) is 5.97. The summed E-state index contributed by atoms with van der Waals surface area (Å²) in [6, 6.07) is 0.255. The molecule has 1 unspecified atom stereocenters. The number of nitrogens with zero attached hydrogens (tertiary/aromatic N) is 1. The van der Waals surface area contributed by atoms with Crippen molar-refractivity contribution in [3.63, 3.8) is 0 Å². The van der Waals surface area contributed by atoms with Crippen LogP contribution in [-0.4, -0.2) is 49.8 Å². The van der Waals surface area contributed by atoms with Crippen LogP contribution in [0, 0.1) is 5.41 Å². The molecule has 2 aliphatic heterocycles. The van der Waals surface area contributed by atoms with E-state index in [1.54, 1.807) is 0 Å². The molecular weight excluding hydrogens is 218 g/mol. The van der Waals surface area contributed by atoms with E-state index >= 15 is 0 Å². The molecule has 2 heterocycles. The SMILES string of the molecule is CC1(CN)CCN(C(=O)NC2CCOC2)CC1. The van der Waals surface area contributed by atoms with Crippen LogP contribution >= 0.6 is 0 Å². The van der Waals surface area contributed by atoms with Crippen LogP contribution in [0.3, 0.4) is 0 Å². The van der Waals surface area contributed by atoms with Crippen molar-refractivity contribution in [2.75, 3.05) is 32.8 Å². The van der Waals surface area contributed by atoms with Crippen LogP contribution in [0.4, 0.5) is 4.79 Å². The molecule has 0 aromatic carbocycles. The molecule has 0 aromatic heterocycles. The van der Waals surface area contributed by atoms with E-state index in [9.17, 15) is 4.79 Å². The van der Waals surface area contributed by atoms with Gasteiger partial charge in [-0.3, -0.25) is 0 Å². The lowest BCUT2D eigenvalue weighted by molar-refractivity contribution is 0.130. The Hall–Kier alpha value is -0.810. The molecule has 0 radical (unpaired) electrons. The molecule has 2 fully saturated rings. The number of ether oxygens (including phenoxy) is 1. The lowest BCUT2D eigenvalue weighted by atomic mass is 9.81. The molecule has 17 heavy (non-hydrogen) atoms. The Balaban J connectivity index is 1.77. The van der Waals surface area contributed by atoms with E-state index < -0.39 is 0 Å². The number of hydrogen-bond acceptors (Lipinski definition) is 3. The van der Waals surface area contributed by atoms with Crippen molar-refractivity contribution in [2.45, 2.75) is 32.2 Å². The molecule has 3 N–H and O–H groups in total. The Morgan fingerprint density at radius 3 is 2.76 bits per heavy atom. The molecule has 2 amide bonds. The maximum absolute atomic E-state index is 12.0. The van der Waals surface area contributed by atoms with Gasteiger partial charge >= 0.3 is 6.03 Å². The van der Waals surface area contributed by atoms with E-state index in [0.717, 1.165) is 39.0 Å². The number of likely N-dealkylation sites (tertiary alicyclic amines) is 1. The quantitative estimate of drug-likeness (QED) is 0.741. The number of nitrogens with two attached hydrogens (primary N) is 1. The van der Waals surface area contributed by atoms with Gasteiger partial charge in [0.05, 0.1) is 12.6 Å². The third kappa shape index (κ3) is 3.10.